The number of aromatic nitrogens is 3. The van der Waals surface area contributed by atoms with Crippen molar-refractivity contribution in [2.45, 2.75) is 17.5 Å². The molecule has 5 rings (SSSR count). The molecule has 0 unspecified atom stereocenters. The topological polar surface area (TPSA) is 76.9 Å². The van der Waals surface area contributed by atoms with Crippen LogP contribution in [0.3, 0.4) is 0 Å². The van der Waals surface area contributed by atoms with Gasteiger partial charge in [-0.05, 0) is 23.3 Å². The molecule has 1 aromatic heterocycles. The summed E-state index contributed by atoms with van der Waals surface area (Å²) in [6.45, 7) is 4.67. The molecule has 3 heterocycles. The molecule has 3 aromatic rings. The van der Waals surface area contributed by atoms with Crippen LogP contribution in [0, 0.1) is 0 Å². The maximum Gasteiger partial charge on any atom is 0.187 e. The lowest BCUT2D eigenvalue weighted by atomic mass is 10.1. The number of nitrogens with zero attached hydrogens (tertiary/aromatic N) is 3. The Morgan fingerprint density at radius 1 is 0.727 bits per heavy atom. The third-order valence-electron chi connectivity index (χ3n) is 5.33. The number of rotatable bonds is 1. The van der Waals surface area contributed by atoms with Crippen molar-refractivity contribution < 1.29 is 23.7 Å². The molecule has 174 valence electrons. The van der Waals surface area contributed by atoms with Crippen LogP contribution in [0.1, 0.15) is 11.1 Å². The molecule has 0 saturated heterocycles. The van der Waals surface area contributed by atoms with Crippen LogP contribution in [0.2, 0.25) is 0 Å². The molecule has 8 nitrogen and oxygen atoms in total. The molecule has 0 amide bonds. The second kappa shape index (κ2) is 11.0. The van der Waals surface area contributed by atoms with E-state index in [9.17, 15) is 0 Å². The highest BCUT2D eigenvalue weighted by Gasteiger charge is 2.21. The first kappa shape index (κ1) is 22.2. The lowest BCUT2D eigenvalue weighted by Gasteiger charge is -2.16. The monoisotopic (exact) mass is 469 g/mol. The number of ether oxygens (including phenoxy) is 5. The first-order chi connectivity index (χ1) is 16.4. The average molecular weight is 470 g/mol. The van der Waals surface area contributed by atoms with Gasteiger partial charge >= 0.3 is 0 Å². The fraction of sp³-hybridized carbons (Fsp3) is 0.417. The van der Waals surface area contributed by atoms with Gasteiger partial charge in [-0.25, -0.2) is 9.67 Å². The van der Waals surface area contributed by atoms with Crippen LogP contribution in [0.25, 0.3) is 11.4 Å². The first-order valence-corrected chi connectivity index (χ1v) is 12.1. The van der Waals surface area contributed by atoms with Crippen molar-refractivity contribution in [3.63, 3.8) is 0 Å². The molecule has 0 fully saturated rings. The van der Waals surface area contributed by atoms with Crippen LogP contribution in [0.4, 0.5) is 0 Å². The summed E-state index contributed by atoms with van der Waals surface area (Å²) in [6, 6.07) is 14.2. The molecule has 2 aliphatic heterocycles. The van der Waals surface area contributed by atoms with Gasteiger partial charge in [0, 0.05) is 11.3 Å². The summed E-state index contributed by atoms with van der Waals surface area (Å²) in [7, 11) is 0. The number of hydrogen-bond acceptors (Lipinski definition) is 8. The van der Waals surface area contributed by atoms with Crippen molar-refractivity contribution in [2.24, 2.45) is 0 Å². The Bertz CT molecular complexity index is 1060. The van der Waals surface area contributed by atoms with E-state index in [-0.39, 0.29) is 0 Å². The van der Waals surface area contributed by atoms with E-state index in [4.69, 9.17) is 33.8 Å². The zero-order valence-corrected chi connectivity index (χ0v) is 19.2. The van der Waals surface area contributed by atoms with Gasteiger partial charge < -0.3 is 23.7 Å². The third-order valence-corrected chi connectivity index (χ3v) is 6.34. The highest BCUT2D eigenvalue weighted by Crippen LogP contribution is 2.37. The first-order valence-electron chi connectivity index (χ1n) is 11.1. The smallest absolute Gasteiger partial charge is 0.187 e. The summed E-state index contributed by atoms with van der Waals surface area (Å²) >= 11 is 1.68. The Balaban J connectivity index is 1.37. The summed E-state index contributed by atoms with van der Waals surface area (Å²) in [5.41, 5.74) is 3.36. The number of benzene rings is 2. The van der Waals surface area contributed by atoms with Crippen LogP contribution < -0.4 is 9.47 Å². The molecule has 0 atom stereocenters. The minimum Gasteiger partial charge on any atom is -0.487 e. The van der Waals surface area contributed by atoms with E-state index in [0.29, 0.717) is 65.1 Å². The van der Waals surface area contributed by atoms with Crippen molar-refractivity contribution in [1.29, 1.82) is 0 Å². The van der Waals surface area contributed by atoms with E-state index in [1.165, 1.54) is 5.56 Å². The second-order valence-corrected chi connectivity index (χ2v) is 8.57. The van der Waals surface area contributed by atoms with Gasteiger partial charge in [0.15, 0.2) is 22.5 Å². The van der Waals surface area contributed by atoms with E-state index >= 15 is 0 Å². The Morgan fingerprint density at radius 3 is 2.00 bits per heavy atom. The van der Waals surface area contributed by atoms with Gasteiger partial charge in [-0.3, -0.25) is 0 Å². The molecular weight excluding hydrogens is 442 g/mol. The Labute approximate surface area is 197 Å². The van der Waals surface area contributed by atoms with E-state index in [1.807, 2.05) is 35.0 Å². The molecule has 33 heavy (non-hydrogen) atoms. The largest absolute Gasteiger partial charge is 0.487 e. The van der Waals surface area contributed by atoms with Gasteiger partial charge in [0.1, 0.15) is 13.2 Å². The van der Waals surface area contributed by atoms with Crippen molar-refractivity contribution >= 4 is 11.8 Å². The van der Waals surface area contributed by atoms with Gasteiger partial charge in [0.25, 0.3) is 0 Å². The molecule has 0 bridgehead atoms. The minimum atomic E-state index is 0.438. The summed E-state index contributed by atoms with van der Waals surface area (Å²) in [5.74, 6) is 2.97. The second-order valence-electron chi connectivity index (χ2n) is 7.63. The SMILES string of the molecule is c1ccc(-c2nc3n(n2)Cc2cc4c(cc2CS3)OCCOCCOCCOCCO4)cc1. The standard InChI is InChI=1S/C24H27N3O5S/c1-2-4-18(5-3-1)23-25-24-27(26-23)16-19-14-21-22(15-20(19)17-33-24)32-13-11-30-9-7-28-6-8-29-10-12-31-21/h1-5,14-15H,6-13,16-17H2. The summed E-state index contributed by atoms with van der Waals surface area (Å²) < 4.78 is 30.7. The normalized spacial score (nSPS) is 17.7. The third kappa shape index (κ3) is 5.67. The quantitative estimate of drug-likeness (QED) is 0.537. The fourth-order valence-corrected chi connectivity index (χ4v) is 4.62. The van der Waals surface area contributed by atoms with Gasteiger partial charge in [-0.1, -0.05) is 42.1 Å². The molecule has 2 aliphatic rings. The van der Waals surface area contributed by atoms with Crippen LogP contribution in [-0.4, -0.2) is 67.6 Å². The summed E-state index contributed by atoms with van der Waals surface area (Å²) in [5, 5.41) is 5.68. The van der Waals surface area contributed by atoms with Crippen LogP contribution in [0.15, 0.2) is 47.6 Å². The summed E-state index contributed by atoms with van der Waals surface area (Å²) in [4.78, 5) is 4.77. The lowest BCUT2D eigenvalue weighted by molar-refractivity contribution is 0.00708. The van der Waals surface area contributed by atoms with Crippen molar-refractivity contribution in [2.75, 3.05) is 52.9 Å². The van der Waals surface area contributed by atoms with Gasteiger partial charge in [0.05, 0.1) is 46.2 Å². The Hall–Kier alpha value is -2.59. The molecule has 2 aromatic carbocycles. The number of fused-ring (bicyclic) bond motifs is 3. The number of thioether (sulfide) groups is 1. The van der Waals surface area contributed by atoms with Crippen molar-refractivity contribution in [1.82, 2.24) is 14.8 Å². The van der Waals surface area contributed by atoms with Gasteiger partial charge in [-0.2, -0.15) is 0 Å². The average Bonchev–Trinajstić information content (AvgIpc) is 3.16. The van der Waals surface area contributed by atoms with Crippen molar-refractivity contribution in [3.8, 4) is 22.9 Å². The summed E-state index contributed by atoms with van der Waals surface area (Å²) in [6.07, 6.45) is 0. The molecule has 0 radical (unpaired) electrons. The van der Waals surface area contributed by atoms with E-state index in [2.05, 4.69) is 12.1 Å². The zero-order valence-electron chi connectivity index (χ0n) is 18.4. The van der Waals surface area contributed by atoms with E-state index in [0.717, 1.165) is 33.6 Å². The molecule has 0 spiro atoms. The Kier molecular flexibility index (Phi) is 7.42. The minimum absolute atomic E-state index is 0.438. The van der Waals surface area contributed by atoms with Crippen LogP contribution in [-0.2, 0) is 26.5 Å². The predicted molar refractivity (Wildman–Crippen MR) is 124 cm³/mol. The Morgan fingerprint density at radius 2 is 1.33 bits per heavy atom. The fourth-order valence-electron chi connectivity index (χ4n) is 3.66. The molecule has 0 saturated carbocycles. The molecular formula is C24H27N3O5S. The van der Waals surface area contributed by atoms with Crippen LogP contribution >= 0.6 is 11.8 Å². The number of hydrogen-bond donors (Lipinski definition) is 0. The predicted octanol–water partition coefficient (Wildman–Crippen LogP) is 3.42. The van der Waals surface area contributed by atoms with Gasteiger partial charge in [0.2, 0.25) is 0 Å². The van der Waals surface area contributed by atoms with Gasteiger partial charge in [-0.15, -0.1) is 5.10 Å². The van der Waals surface area contributed by atoms with Crippen LogP contribution in [0.5, 0.6) is 11.5 Å². The maximum absolute atomic E-state index is 6.05. The lowest BCUT2D eigenvalue weighted by Crippen LogP contribution is -2.13. The zero-order chi connectivity index (χ0) is 22.3. The van der Waals surface area contributed by atoms with E-state index < -0.39 is 0 Å². The van der Waals surface area contributed by atoms with E-state index in [1.54, 1.807) is 11.8 Å². The molecule has 9 heteroatoms. The molecule has 0 aliphatic carbocycles. The maximum atomic E-state index is 6.05. The highest BCUT2D eigenvalue weighted by atomic mass is 32.2. The van der Waals surface area contributed by atoms with Crippen molar-refractivity contribution in [3.05, 3.63) is 53.6 Å². The highest BCUT2D eigenvalue weighted by molar-refractivity contribution is 7.98. The molecule has 0 N–H and O–H groups in total.